The Hall–Kier alpha value is -4.56. The molecule has 8 nitrogen and oxygen atoms in total. The third kappa shape index (κ3) is 5.90. The molecule has 42 heavy (non-hydrogen) atoms. The molecular formula is C33H33ClN6O2. The Balaban J connectivity index is 1.61. The van der Waals surface area contributed by atoms with Gasteiger partial charge in [0.25, 0.3) is 5.56 Å². The zero-order valence-electron chi connectivity index (χ0n) is 23.8. The molecule has 4 aromatic rings. The molecule has 9 heteroatoms. The van der Waals surface area contributed by atoms with E-state index in [0.717, 1.165) is 34.0 Å². The normalized spacial score (nSPS) is 19.3. The number of nitrogens with one attached hydrogen (secondary N) is 3. The second-order valence-corrected chi connectivity index (χ2v) is 11.0. The van der Waals surface area contributed by atoms with Gasteiger partial charge >= 0.3 is 0 Å². The van der Waals surface area contributed by atoms with E-state index in [1.807, 2.05) is 68.4 Å². The fourth-order valence-corrected chi connectivity index (χ4v) is 5.63. The predicted molar refractivity (Wildman–Crippen MR) is 167 cm³/mol. The lowest BCUT2D eigenvalue weighted by atomic mass is 9.94. The number of fused-ring (bicyclic) bond motifs is 2. The summed E-state index contributed by atoms with van der Waals surface area (Å²) in [6, 6.07) is 18.6. The molecule has 2 bridgehead atoms. The van der Waals surface area contributed by atoms with Crippen LogP contribution in [-0.4, -0.2) is 33.7 Å². The van der Waals surface area contributed by atoms with Gasteiger partial charge < -0.3 is 16.0 Å². The van der Waals surface area contributed by atoms with Crippen molar-refractivity contribution < 1.29 is 4.79 Å². The lowest BCUT2D eigenvalue weighted by Crippen LogP contribution is -2.32. The largest absolute Gasteiger partial charge is 0.386 e. The molecule has 3 heterocycles. The van der Waals surface area contributed by atoms with Crippen LogP contribution in [0.3, 0.4) is 0 Å². The molecular weight excluding hydrogens is 548 g/mol. The maximum Gasteiger partial charge on any atom is 0.254 e. The van der Waals surface area contributed by atoms with E-state index in [1.165, 1.54) is 0 Å². The van der Waals surface area contributed by atoms with Gasteiger partial charge in [0.15, 0.2) is 0 Å². The molecule has 214 valence electrons. The van der Waals surface area contributed by atoms with Crippen LogP contribution in [0.5, 0.6) is 0 Å². The minimum absolute atomic E-state index is 0.151. The molecule has 1 aliphatic heterocycles. The molecule has 2 aromatic carbocycles. The summed E-state index contributed by atoms with van der Waals surface area (Å²) in [5.74, 6) is -0.425. The summed E-state index contributed by atoms with van der Waals surface area (Å²) in [5, 5.41) is 14.5. The van der Waals surface area contributed by atoms with Gasteiger partial charge in [-0.1, -0.05) is 55.3 Å². The summed E-state index contributed by atoms with van der Waals surface area (Å²) in [7, 11) is 1.74. The Kier molecular flexibility index (Phi) is 8.64. The highest BCUT2D eigenvalue weighted by molar-refractivity contribution is 6.31. The summed E-state index contributed by atoms with van der Waals surface area (Å²) in [6.45, 7) is 3.92. The van der Waals surface area contributed by atoms with Crippen LogP contribution < -0.4 is 16.2 Å². The number of allylic oxidation sites excluding steroid dienone is 1. The van der Waals surface area contributed by atoms with Crippen molar-refractivity contribution in [1.29, 1.82) is 5.41 Å². The van der Waals surface area contributed by atoms with Gasteiger partial charge in [-0.25, -0.2) is 4.98 Å². The Labute approximate surface area is 250 Å². The highest BCUT2D eigenvalue weighted by Crippen LogP contribution is 2.35. The summed E-state index contributed by atoms with van der Waals surface area (Å²) in [5.41, 5.74) is 6.62. The first-order chi connectivity index (χ1) is 20.3. The summed E-state index contributed by atoms with van der Waals surface area (Å²) < 4.78 is 1.62. The molecule has 2 atom stereocenters. The van der Waals surface area contributed by atoms with E-state index in [0.29, 0.717) is 47.1 Å². The number of aryl methyl sites for hydroxylation is 1. The molecule has 0 saturated heterocycles. The molecule has 0 aliphatic carbocycles. The van der Waals surface area contributed by atoms with Crippen LogP contribution in [0.4, 0.5) is 0 Å². The van der Waals surface area contributed by atoms with Crippen LogP contribution in [0.1, 0.15) is 49.0 Å². The monoisotopic (exact) mass is 580 g/mol. The summed E-state index contributed by atoms with van der Waals surface area (Å²) in [4.78, 5) is 36.0. The molecule has 1 aliphatic rings. The van der Waals surface area contributed by atoms with E-state index in [-0.39, 0.29) is 17.4 Å². The molecule has 3 N–H and O–H groups in total. The zero-order valence-corrected chi connectivity index (χ0v) is 24.6. The van der Waals surface area contributed by atoms with Gasteiger partial charge in [0.05, 0.1) is 35.2 Å². The van der Waals surface area contributed by atoms with Crippen molar-refractivity contribution in [3.63, 3.8) is 0 Å². The Morgan fingerprint density at radius 2 is 1.83 bits per heavy atom. The number of amides is 1. The second kappa shape index (κ2) is 12.5. The van der Waals surface area contributed by atoms with E-state index in [4.69, 9.17) is 22.0 Å². The molecule has 2 unspecified atom stereocenters. The zero-order chi connectivity index (χ0) is 29.8. The standard InChI is InChI=1S/C33H33ClN6O2/c1-20-7-4-5-9-24(20)25-12-11-23(34)16-26(25)27-17-31(41)40(19-38-27)30-10-6-8-21(2)33(42)39-29(18-35)32(36-3)22-13-14-37-28(30)15-22/h4-5,7,9,11-19,21,30,35-36H,6,8,10H2,1-3H3,(H,39,42)/b32-29+,35-18?. The van der Waals surface area contributed by atoms with Crippen molar-refractivity contribution in [3.05, 3.63) is 111 Å². The van der Waals surface area contributed by atoms with Crippen LogP contribution in [0.25, 0.3) is 28.1 Å². The van der Waals surface area contributed by atoms with Crippen molar-refractivity contribution in [1.82, 2.24) is 25.2 Å². The van der Waals surface area contributed by atoms with Gasteiger partial charge in [-0.05, 0) is 60.7 Å². The Morgan fingerprint density at radius 3 is 2.57 bits per heavy atom. The number of nitrogens with zero attached hydrogens (tertiary/aromatic N) is 3. The molecule has 5 rings (SSSR count). The van der Waals surface area contributed by atoms with Gasteiger partial charge in [-0.2, -0.15) is 0 Å². The van der Waals surface area contributed by atoms with Gasteiger partial charge in [-0.3, -0.25) is 19.1 Å². The van der Waals surface area contributed by atoms with Gasteiger partial charge in [0.1, 0.15) is 0 Å². The average molecular weight is 581 g/mol. The van der Waals surface area contributed by atoms with Crippen LogP contribution in [0, 0.1) is 18.3 Å². The molecule has 0 spiro atoms. The van der Waals surface area contributed by atoms with Crippen molar-refractivity contribution in [2.24, 2.45) is 5.92 Å². The average Bonchev–Trinajstić information content (AvgIpc) is 2.99. The SMILES string of the molecule is CN/C1=C(\C=N)NC(=O)C(C)CCCC(n2cnc(-c3cc(Cl)ccc3-c3ccccc3C)cc2=O)c2cc1ccn2. The molecule has 0 saturated carbocycles. The molecule has 1 amide bonds. The lowest BCUT2D eigenvalue weighted by molar-refractivity contribution is -0.123. The third-order valence-electron chi connectivity index (χ3n) is 7.76. The second-order valence-electron chi connectivity index (χ2n) is 10.5. The Morgan fingerprint density at radius 1 is 1.02 bits per heavy atom. The van der Waals surface area contributed by atoms with E-state index < -0.39 is 6.04 Å². The number of hydrogen-bond donors (Lipinski definition) is 3. The quantitative estimate of drug-likeness (QED) is 0.251. The number of carbonyl (C=O) groups is 1. The number of pyridine rings is 1. The summed E-state index contributed by atoms with van der Waals surface area (Å²) >= 11 is 6.41. The fourth-order valence-electron chi connectivity index (χ4n) is 5.45. The molecule has 0 radical (unpaired) electrons. The van der Waals surface area contributed by atoms with E-state index >= 15 is 0 Å². The van der Waals surface area contributed by atoms with Gasteiger partial charge in [0.2, 0.25) is 5.91 Å². The minimum atomic E-state index is -0.398. The molecule has 0 fully saturated rings. The number of rotatable bonds is 5. The first-order valence-electron chi connectivity index (χ1n) is 13.9. The van der Waals surface area contributed by atoms with Crippen LogP contribution in [0.2, 0.25) is 5.02 Å². The van der Waals surface area contributed by atoms with E-state index in [2.05, 4.69) is 15.6 Å². The number of halogens is 1. The fraction of sp³-hybridized carbons (Fsp3) is 0.242. The number of aromatic nitrogens is 3. The van der Waals surface area contributed by atoms with Crippen molar-refractivity contribution in [2.75, 3.05) is 7.05 Å². The number of carbonyl (C=O) groups excluding carboxylic acids is 1. The van der Waals surface area contributed by atoms with E-state index in [1.54, 1.807) is 30.2 Å². The number of benzene rings is 2. The highest BCUT2D eigenvalue weighted by atomic mass is 35.5. The first-order valence-corrected chi connectivity index (χ1v) is 14.3. The topological polar surface area (TPSA) is 113 Å². The summed E-state index contributed by atoms with van der Waals surface area (Å²) in [6.07, 6.45) is 6.29. The van der Waals surface area contributed by atoms with Gasteiger partial charge in [0, 0.05) is 47.6 Å². The van der Waals surface area contributed by atoms with Crippen LogP contribution in [-0.2, 0) is 4.79 Å². The first kappa shape index (κ1) is 29.0. The van der Waals surface area contributed by atoms with E-state index in [9.17, 15) is 9.59 Å². The van der Waals surface area contributed by atoms with Gasteiger partial charge in [-0.15, -0.1) is 0 Å². The Bertz CT molecular complexity index is 1740. The molecule has 2 aromatic heterocycles. The highest BCUT2D eigenvalue weighted by Gasteiger charge is 2.23. The smallest absolute Gasteiger partial charge is 0.254 e. The maximum absolute atomic E-state index is 13.8. The van der Waals surface area contributed by atoms with Crippen molar-refractivity contribution >= 4 is 29.4 Å². The van der Waals surface area contributed by atoms with Crippen LogP contribution in [0.15, 0.2) is 83.7 Å². The third-order valence-corrected chi connectivity index (χ3v) is 7.99. The maximum atomic E-state index is 13.8. The number of hydrogen-bond acceptors (Lipinski definition) is 6. The predicted octanol–water partition coefficient (Wildman–Crippen LogP) is 6.00. The van der Waals surface area contributed by atoms with Crippen molar-refractivity contribution in [3.8, 4) is 22.4 Å². The van der Waals surface area contributed by atoms with Crippen LogP contribution >= 0.6 is 11.6 Å². The minimum Gasteiger partial charge on any atom is -0.386 e. The van der Waals surface area contributed by atoms with Crippen molar-refractivity contribution in [2.45, 2.75) is 39.2 Å². The lowest BCUT2D eigenvalue weighted by Gasteiger charge is -2.23.